The van der Waals surface area contributed by atoms with Crippen molar-refractivity contribution in [2.45, 2.75) is 38.6 Å². The zero-order valence-electron chi connectivity index (χ0n) is 12.9. The van der Waals surface area contributed by atoms with Crippen LogP contribution in [0.3, 0.4) is 0 Å². The Hall–Kier alpha value is -0.860. The molecule has 1 saturated carbocycles. The van der Waals surface area contributed by atoms with Crippen molar-refractivity contribution < 1.29 is 0 Å². The van der Waals surface area contributed by atoms with Crippen LogP contribution in [-0.4, -0.2) is 31.6 Å². The van der Waals surface area contributed by atoms with Gasteiger partial charge in [-0.05, 0) is 49.3 Å². The van der Waals surface area contributed by atoms with Gasteiger partial charge in [0.15, 0.2) is 0 Å². The zero-order chi connectivity index (χ0) is 13.9. The van der Waals surface area contributed by atoms with E-state index >= 15 is 0 Å². The Morgan fingerprint density at radius 3 is 2.35 bits per heavy atom. The van der Waals surface area contributed by atoms with Crippen molar-refractivity contribution in [3.8, 4) is 0 Å². The van der Waals surface area contributed by atoms with E-state index in [2.05, 4.69) is 48.5 Å². The lowest BCUT2D eigenvalue weighted by Gasteiger charge is -2.24. The Balaban J connectivity index is 1.61. The first-order chi connectivity index (χ1) is 9.80. The van der Waals surface area contributed by atoms with Crippen LogP contribution in [0.4, 0.5) is 0 Å². The van der Waals surface area contributed by atoms with Crippen LogP contribution in [0, 0.1) is 11.8 Å². The first-order valence-electron chi connectivity index (χ1n) is 8.28. The highest BCUT2D eigenvalue weighted by Gasteiger charge is 2.36. The average Bonchev–Trinajstić information content (AvgIpc) is 3.06. The molecule has 0 aromatic heterocycles. The van der Waals surface area contributed by atoms with Gasteiger partial charge in [0.25, 0.3) is 0 Å². The van der Waals surface area contributed by atoms with Crippen LogP contribution >= 0.6 is 0 Å². The third-order valence-electron chi connectivity index (χ3n) is 5.38. The minimum atomic E-state index is 0.472. The largest absolute Gasteiger partial charge is 0.312 e. The first kappa shape index (κ1) is 14.1. The standard InChI is InChI=1S/C18H28N2/c1-3-14-7-9-15(10-8-14)18(19-2)13-20-11-16-5-4-6-17(16)12-20/h7-10,16-19H,3-6,11-13H2,1-2H3. The smallest absolute Gasteiger partial charge is 0.0446 e. The molecule has 1 aromatic rings. The Bertz CT molecular complexity index is 414. The van der Waals surface area contributed by atoms with Gasteiger partial charge in [0.2, 0.25) is 0 Å². The SMILES string of the molecule is CCc1ccc(C(CN2CC3CCCC3C2)NC)cc1. The molecule has 0 bridgehead atoms. The van der Waals surface area contributed by atoms with Gasteiger partial charge in [0.05, 0.1) is 0 Å². The molecule has 3 atom stereocenters. The normalized spacial score (nSPS) is 27.7. The lowest BCUT2D eigenvalue weighted by molar-refractivity contribution is 0.278. The summed E-state index contributed by atoms with van der Waals surface area (Å²) >= 11 is 0. The fraction of sp³-hybridized carbons (Fsp3) is 0.667. The first-order valence-corrected chi connectivity index (χ1v) is 8.28. The monoisotopic (exact) mass is 272 g/mol. The summed E-state index contributed by atoms with van der Waals surface area (Å²) in [5.74, 6) is 1.99. The van der Waals surface area contributed by atoms with Crippen LogP contribution in [-0.2, 0) is 6.42 Å². The van der Waals surface area contributed by atoms with Gasteiger partial charge in [0.1, 0.15) is 0 Å². The van der Waals surface area contributed by atoms with E-state index in [1.807, 2.05) is 0 Å². The highest BCUT2D eigenvalue weighted by molar-refractivity contribution is 5.25. The van der Waals surface area contributed by atoms with Gasteiger partial charge in [-0.1, -0.05) is 37.6 Å². The van der Waals surface area contributed by atoms with E-state index in [1.54, 1.807) is 0 Å². The van der Waals surface area contributed by atoms with Crippen molar-refractivity contribution in [3.63, 3.8) is 0 Å². The molecule has 1 aromatic carbocycles. The molecule has 2 heteroatoms. The zero-order valence-corrected chi connectivity index (χ0v) is 12.9. The van der Waals surface area contributed by atoms with E-state index < -0.39 is 0 Å². The molecule has 3 unspecified atom stereocenters. The van der Waals surface area contributed by atoms with E-state index in [4.69, 9.17) is 0 Å². The van der Waals surface area contributed by atoms with Crippen molar-refractivity contribution in [3.05, 3.63) is 35.4 Å². The number of aryl methyl sites for hydroxylation is 1. The molecule has 2 fully saturated rings. The van der Waals surface area contributed by atoms with Crippen LogP contribution in [0.15, 0.2) is 24.3 Å². The number of hydrogen-bond donors (Lipinski definition) is 1. The quantitative estimate of drug-likeness (QED) is 0.885. The molecular weight excluding hydrogens is 244 g/mol. The van der Waals surface area contributed by atoms with Gasteiger partial charge < -0.3 is 10.2 Å². The minimum absolute atomic E-state index is 0.472. The molecule has 2 aliphatic rings. The summed E-state index contributed by atoms with van der Waals surface area (Å²) in [5.41, 5.74) is 2.86. The third kappa shape index (κ3) is 2.91. The molecule has 20 heavy (non-hydrogen) atoms. The van der Waals surface area contributed by atoms with Crippen molar-refractivity contribution in [1.82, 2.24) is 10.2 Å². The molecule has 0 radical (unpaired) electrons. The van der Waals surface area contributed by atoms with Gasteiger partial charge in [-0.15, -0.1) is 0 Å². The number of likely N-dealkylation sites (tertiary alicyclic amines) is 1. The number of likely N-dealkylation sites (N-methyl/N-ethyl adjacent to an activating group) is 1. The van der Waals surface area contributed by atoms with E-state index in [9.17, 15) is 0 Å². The molecule has 1 heterocycles. The summed E-state index contributed by atoms with van der Waals surface area (Å²) in [6.07, 6.45) is 5.53. The Labute approximate surface area is 123 Å². The Morgan fingerprint density at radius 1 is 1.15 bits per heavy atom. The lowest BCUT2D eigenvalue weighted by atomic mass is 10.0. The summed E-state index contributed by atoms with van der Waals surface area (Å²) in [6, 6.07) is 9.63. The van der Waals surface area contributed by atoms with Crippen molar-refractivity contribution in [2.75, 3.05) is 26.7 Å². The fourth-order valence-electron chi connectivity index (χ4n) is 4.09. The fourth-order valence-corrected chi connectivity index (χ4v) is 4.09. The van der Waals surface area contributed by atoms with Crippen LogP contribution in [0.5, 0.6) is 0 Å². The molecule has 1 aliphatic heterocycles. The van der Waals surface area contributed by atoms with Crippen LogP contribution in [0.2, 0.25) is 0 Å². The summed E-state index contributed by atoms with van der Waals surface area (Å²) in [6.45, 7) is 6.04. The van der Waals surface area contributed by atoms with Gasteiger partial charge in [-0.3, -0.25) is 0 Å². The molecule has 1 saturated heterocycles. The van der Waals surface area contributed by atoms with Gasteiger partial charge in [0, 0.05) is 25.7 Å². The molecular formula is C18H28N2. The number of benzene rings is 1. The Morgan fingerprint density at radius 2 is 1.80 bits per heavy atom. The summed E-state index contributed by atoms with van der Waals surface area (Å²) in [5, 5.41) is 3.51. The second-order valence-corrected chi connectivity index (χ2v) is 6.61. The van der Waals surface area contributed by atoms with E-state index in [1.165, 1.54) is 43.5 Å². The van der Waals surface area contributed by atoms with E-state index in [0.717, 1.165) is 24.8 Å². The van der Waals surface area contributed by atoms with Crippen molar-refractivity contribution in [2.24, 2.45) is 11.8 Å². The highest BCUT2D eigenvalue weighted by atomic mass is 15.2. The van der Waals surface area contributed by atoms with Gasteiger partial charge >= 0.3 is 0 Å². The molecule has 110 valence electrons. The average molecular weight is 272 g/mol. The van der Waals surface area contributed by atoms with E-state index in [0.29, 0.717) is 6.04 Å². The Kier molecular flexibility index (Phi) is 4.42. The highest BCUT2D eigenvalue weighted by Crippen LogP contribution is 2.38. The summed E-state index contributed by atoms with van der Waals surface area (Å²) < 4.78 is 0. The number of rotatable bonds is 5. The predicted molar refractivity (Wildman–Crippen MR) is 84.9 cm³/mol. The maximum Gasteiger partial charge on any atom is 0.0446 e. The molecule has 3 rings (SSSR count). The maximum absolute atomic E-state index is 3.51. The maximum atomic E-state index is 3.51. The van der Waals surface area contributed by atoms with Gasteiger partial charge in [-0.25, -0.2) is 0 Å². The molecule has 0 spiro atoms. The number of nitrogens with one attached hydrogen (secondary N) is 1. The summed E-state index contributed by atoms with van der Waals surface area (Å²) in [7, 11) is 2.09. The van der Waals surface area contributed by atoms with Gasteiger partial charge in [-0.2, -0.15) is 0 Å². The second-order valence-electron chi connectivity index (χ2n) is 6.61. The minimum Gasteiger partial charge on any atom is -0.312 e. The topological polar surface area (TPSA) is 15.3 Å². The second kappa shape index (κ2) is 6.28. The van der Waals surface area contributed by atoms with Crippen molar-refractivity contribution >= 4 is 0 Å². The number of fused-ring (bicyclic) bond motifs is 1. The van der Waals surface area contributed by atoms with Crippen LogP contribution < -0.4 is 5.32 Å². The van der Waals surface area contributed by atoms with E-state index in [-0.39, 0.29) is 0 Å². The predicted octanol–water partition coefficient (Wildman–Crippen LogP) is 3.24. The lowest BCUT2D eigenvalue weighted by Crippen LogP contribution is -2.33. The van der Waals surface area contributed by atoms with Crippen molar-refractivity contribution in [1.29, 1.82) is 0 Å². The van der Waals surface area contributed by atoms with Crippen LogP contribution in [0.1, 0.15) is 43.4 Å². The molecule has 0 amide bonds. The number of nitrogens with zero attached hydrogens (tertiary/aromatic N) is 1. The third-order valence-corrected chi connectivity index (χ3v) is 5.38. The molecule has 1 aliphatic carbocycles. The van der Waals surface area contributed by atoms with Crippen LogP contribution in [0.25, 0.3) is 0 Å². The molecule has 2 nitrogen and oxygen atoms in total. The number of hydrogen-bond acceptors (Lipinski definition) is 2. The summed E-state index contributed by atoms with van der Waals surface area (Å²) in [4.78, 5) is 2.68. The molecule has 1 N–H and O–H groups in total.